The molecule has 1 saturated heterocycles. The maximum atomic E-state index is 13.2. The molecule has 1 aliphatic rings. The second kappa shape index (κ2) is 9.20. The molecule has 0 radical (unpaired) electrons. The average Bonchev–Trinajstić information content (AvgIpc) is 2.78. The van der Waals surface area contributed by atoms with Crippen LogP contribution in [-0.2, 0) is 27.4 Å². The van der Waals surface area contributed by atoms with Crippen molar-refractivity contribution in [2.24, 2.45) is 11.5 Å². The minimum Gasteiger partial charge on any atom is -0.372 e. The number of piperidine rings is 1. The number of rotatable bonds is 6. The first-order chi connectivity index (χ1) is 15.7. The van der Waals surface area contributed by atoms with Crippen LogP contribution in [0.15, 0.2) is 48.5 Å². The Kier molecular flexibility index (Phi) is 7.03. The molecule has 2 aromatic rings. The van der Waals surface area contributed by atoms with Gasteiger partial charge in [0.2, 0.25) is 5.91 Å². The first-order valence-corrected chi connectivity index (χ1v) is 10.5. The van der Waals surface area contributed by atoms with Crippen LogP contribution in [0.3, 0.4) is 0 Å². The maximum Gasteiger partial charge on any atom is 0.416 e. The molecular weight excluding hydrogens is 464 g/mol. The highest BCUT2D eigenvalue weighted by Gasteiger charge is 2.45. The lowest BCUT2D eigenvalue weighted by molar-refractivity contribution is -0.143. The number of ether oxygens (including phenoxy) is 1. The molecule has 34 heavy (non-hydrogen) atoms. The molecule has 1 fully saturated rings. The van der Waals surface area contributed by atoms with Crippen molar-refractivity contribution >= 4 is 5.91 Å². The lowest BCUT2D eigenvalue weighted by Crippen LogP contribution is -2.66. The predicted molar refractivity (Wildman–Crippen MR) is 112 cm³/mol. The fourth-order valence-corrected chi connectivity index (χ4v) is 3.94. The Morgan fingerprint density at radius 1 is 1.03 bits per heavy atom. The maximum absolute atomic E-state index is 13.2. The molecule has 0 bridgehead atoms. The number of hydrogen-bond donors (Lipinski definition) is 3. The number of primary amides is 1. The van der Waals surface area contributed by atoms with Crippen molar-refractivity contribution in [3.8, 4) is 0 Å². The van der Waals surface area contributed by atoms with Crippen LogP contribution in [0.5, 0.6) is 0 Å². The van der Waals surface area contributed by atoms with E-state index in [0.29, 0.717) is 18.6 Å². The van der Waals surface area contributed by atoms with E-state index in [2.05, 4.69) is 5.32 Å². The van der Waals surface area contributed by atoms with Gasteiger partial charge in [-0.1, -0.05) is 30.3 Å². The summed E-state index contributed by atoms with van der Waals surface area (Å²) in [6, 6.07) is 10.4. The minimum absolute atomic E-state index is 0.0246. The van der Waals surface area contributed by atoms with E-state index in [-0.39, 0.29) is 31.2 Å². The van der Waals surface area contributed by atoms with E-state index >= 15 is 0 Å². The Bertz CT molecular complexity index is 983. The van der Waals surface area contributed by atoms with Crippen molar-refractivity contribution in [3.63, 3.8) is 0 Å². The Labute approximate surface area is 192 Å². The molecule has 1 amide bonds. The lowest BCUT2D eigenvalue weighted by atomic mass is 9.76. The van der Waals surface area contributed by atoms with Crippen LogP contribution in [0, 0.1) is 0 Å². The van der Waals surface area contributed by atoms with Gasteiger partial charge >= 0.3 is 12.4 Å². The third-order valence-electron chi connectivity index (χ3n) is 6.22. The normalized spacial score (nSPS) is 24.6. The smallest absolute Gasteiger partial charge is 0.372 e. The zero-order valence-corrected chi connectivity index (χ0v) is 18.3. The summed E-state index contributed by atoms with van der Waals surface area (Å²) in [4.78, 5) is 11.7. The Hall–Kier alpha value is -2.63. The number of benzene rings is 2. The fourth-order valence-electron chi connectivity index (χ4n) is 3.94. The monoisotopic (exact) mass is 489 g/mol. The van der Waals surface area contributed by atoms with Crippen LogP contribution in [0.2, 0.25) is 0 Å². The number of hydrogen-bond acceptors (Lipinski definition) is 4. The van der Waals surface area contributed by atoms with Crippen LogP contribution in [-0.4, -0.2) is 24.6 Å². The predicted octanol–water partition coefficient (Wildman–Crippen LogP) is 4.26. The van der Waals surface area contributed by atoms with Crippen LogP contribution >= 0.6 is 0 Å². The van der Waals surface area contributed by atoms with Crippen LogP contribution < -0.4 is 16.8 Å². The van der Waals surface area contributed by atoms with Crippen molar-refractivity contribution in [1.82, 2.24) is 5.32 Å². The van der Waals surface area contributed by atoms with E-state index in [1.807, 2.05) is 0 Å². The van der Waals surface area contributed by atoms with E-state index in [0.717, 1.165) is 5.56 Å². The van der Waals surface area contributed by atoms with E-state index in [9.17, 15) is 31.1 Å². The largest absolute Gasteiger partial charge is 0.416 e. The number of nitrogens with two attached hydrogens (primary N) is 2. The van der Waals surface area contributed by atoms with Gasteiger partial charge in [-0.25, -0.2) is 0 Å². The first-order valence-electron chi connectivity index (χ1n) is 10.5. The summed E-state index contributed by atoms with van der Waals surface area (Å²) < 4.78 is 85.2. The molecule has 5 N–H and O–H groups in total. The highest BCUT2D eigenvalue weighted by atomic mass is 19.4. The molecule has 186 valence electrons. The van der Waals surface area contributed by atoms with Crippen molar-refractivity contribution < 1.29 is 35.9 Å². The van der Waals surface area contributed by atoms with Gasteiger partial charge in [-0.3, -0.25) is 4.79 Å². The molecule has 0 spiro atoms. The summed E-state index contributed by atoms with van der Waals surface area (Å²) in [6.07, 6.45) is -10.5. The number of alkyl halides is 6. The first kappa shape index (κ1) is 26.0. The molecule has 1 heterocycles. The van der Waals surface area contributed by atoms with E-state index in [1.54, 1.807) is 30.3 Å². The molecule has 11 heteroatoms. The zero-order valence-electron chi connectivity index (χ0n) is 18.3. The molecule has 5 nitrogen and oxygen atoms in total. The van der Waals surface area contributed by atoms with Crippen molar-refractivity contribution in [2.45, 2.75) is 49.3 Å². The van der Waals surface area contributed by atoms with Gasteiger partial charge in [0, 0.05) is 6.54 Å². The van der Waals surface area contributed by atoms with Gasteiger partial charge < -0.3 is 21.5 Å². The number of carbonyl (C=O) groups is 1. The van der Waals surface area contributed by atoms with Gasteiger partial charge in [0.15, 0.2) is 0 Å². The minimum atomic E-state index is -4.95. The molecule has 2 aromatic carbocycles. The molecule has 1 aliphatic heterocycles. The van der Waals surface area contributed by atoms with Crippen LogP contribution in [0.4, 0.5) is 26.3 Å². The molecular formula is C23H25F6N3O2. The molecule has 3 atom stereocenters. The second-order valence-electron chi connectivity index (χ2n) is 8.61. The number of nitrogens with one attached hydrogen (secondary N) is 1. The van der Waals surface area contributed by atoms with Gasteiger partial charge in [0.05, 0.1) is 29.4 Å². The Morgan fingerprint density at radius 2 is 1.59 bits per heavy atom. The molecule has 0 aromatic heterocycles. The van der Waals surface area contributed by atoms with Gasteiger partial charge in [-0.05, 0) is 49.1 Å². The van der Waals surface area contributed by atoms with Crippen LogP contribution in [0.1, 0.15) is 48.1 Å². The Morgan fingerprint density at radius 3 is 2.03 bits per heavy atom. The van der Waals surface area contributed by atoms with Gasteiger partial charge in [-0.2, -0.15) is 26.3 Å². The van der Waals surface area contributed by atoms with Gasteiger partial charge in [-0.15, -0.1) is 0 Å². The van der Waals surface area contributed by atoms with Crippen molar-refractivity contribution in [3.05, 3.63) is 70.8 Å². The fraction of sp³-hybridized carbons (Fsp3) is 0.435. The third kappa shape index (κ3) is 5.53. The molecule has 0 aliphatic carbocycles. The number of carbonyl (C=O) groups excluding carboxylic acids is 1. The Balaban J connectivity index is 1.89. The quantitative estimate of drug-likeness (QED) is 0.529. The number of amides is 1. The zero-order chi connectivity index (χ0) is 25.4. The highest BCUT2D eigenvalue weighted by molar-refractivity contribution is 5.84. The molecule has 0 unspecified atom stereocenters. The molecule has 0 saturated carbocycles. The summed E-state index contributed by atoms with van der Waals surface area (Å²) in [7, 11) is 0. The second-order valence-corrected chi connectivity index (χ2v) is 8.61. The topological polar surface area (TPSA) is 90.4 Å². The van der Waals surface area contributed by atoms with E-state index < -0.39 is 46.6 Å². The summed E-state index contributed by atoms with van der Waals surface area (Å²) >= 11 is 0. The summed E-state index contributed by atoms with van der Waals surface area (Å²) in [6.45, 7) is 1.31. The SMILES string of the molecule is C[C@@H](OC[C@@]1(c2ccccc2)CC[C@@](N)(C(N)=O)CN1)c1cc(C(F)(F)F)cc(C(F)(F)F)c1. The summed E-state index contributed by atoms with van der Waals surface area (Å²) in [5, 5.41) is 3.19. The van der Waals surface area contributed by atoms with E-state index in [4.69, 9.17) is 16.2 Å². The van der Waals surface area contributed by atoms with Crippen molar-refractivity contribution in [2.75, 3.05) is 13.2 Å². The lowest BCUT2D eigenvalue weighted by Gasteiger charge is -2.45. The standard InChI is InChI=1S/C23H25F6N3O2/c1-14(15-9-17(22(24,25)26)11-18(10-15)23(27,28)29)34-13-21(16-5-3-2-4-6-16)8-7-20(31,12-32-21)19(30)33/h2-6,9-11,14,32H,7-8,12-13,31H2,1H3,(H2,30,33)/t14-,20+,21-/m1/s1. The molecule has 3 rings (SSSR count). The number of halogens is 6. The highest BCUT2D eigenvalue weighted by Crippen LogP contribution is 2.39. The third-order valence-corrected chi connectivity index (χ3v) is 6.22. The van der Waals surface area contributed by atoms with Gasteiger partial charge in [0.1, 0.15) is 5.54 Å². The van der Waals surface area contributed by atoms with Crippen molar-refractivity contribution in [1.29, 1.82) is 0 Å². The van der Waals surface area contributed by atoms with Gasteiger partial charge in [0.25, 0.3) is 0 Å². The summed E-state index contributed by atoms with van der Waals surface area (Å²) in [5.41, 5.74) is 7.02. The van der Waals surface area contributed by atoms with E-state index in [1.165, 1.54) is 6.92 Å². The van der Waals surface area contributed by atoms with Crippen LogP contribution in [0.25, 0.3) is 0 Å². The summed E-state index contributed by atoms with van der Waals surface area (Å²) in [5.74, 6) is -0.681. The average molecular weight is 489 g/mol.